The van der Waals surface area contributed by atoms with Crippen LogP contribution in [0.5, 0.6) is 0 Å². The van der Waals surface area contributed by atoms with Crippen LogP contribution in [0.4, 0.5) is 0 Å². The molecule has 0 atom stereocenters. The zero-order valence-electron chi connectivity index (χ0n) is 12.4. The molecule has 0 heterocycles. The van der Waals surface area contributed by atoms with E-state index in [4.69, 9.17) is 9.90 Å². The maximum atomic E-state index is 10.1. The molecule has 5 heteroatoms. The Morgan fingerprint density at radius 1 is 0.789 bits per heavy atom. The van der Waals surface area contributed by atoms with Gasteiger partial charge in [-0.05, 0) is 19.8 Å². The predicted octanol–water partition coefficient (Wildman–Crippen LogP) is 1.03. The van der Waals surface area contributed by atoms with Gasteiger partial charge in [0, 0.05) is 11.9 Å². The minimum Gasteiger partial charge on any atom is -0.550 e. The smallest absolute Gasteiger partial charge is 0.550 e. The molecule has 0 aliphatic rings. The van der Waals surface area contributed by atoms with Gasteiger partial charge in [0.25, 0.3) is 0 Å². The van der Waals surface area contributed by atoms with Gasteiger partial charge < -0.3 is 19.8 Å². The Bertz CT molecular complexity index is 204. The van der Waals surface area contributed by atoms with Crippen LogP contribution in [0.15, 0.2) is 0 Å². The first-order valence-electron chi connectivity index (χ1n) is 6.88. The fourth-order valence-corrected chi connectivity index (χ4v) is 1.58. The Morgan fingerprint density at radius 3 is 1.42 bits per heavy atom. The third kappa shape index (κ3) is 38.1. The largest absolute Gasteiger partial charge is 2.00 e. The second kappa shape index (κ2) is 20.5. The molecule has 0 fully saturated rings. The third-order valence-electron chi connectivity index (χ3n) is 2.48. The van der Waals surface area contributed by atoms with Gasteiger partial charge in [0.2, 0.25) is 0 Å². The summed E-state index contributed by atoms with van der Waals surface area (Å²) in [4.78, 5) is 19.0. The van der Waals surface area contributed by atoms with E-state index in [1.54, 1.807) is 0 Å². The van der Waals surface area contributed by atoms with Crippen LogP contribution in [0.2, 0.25) is 0 Å². The fraction of sp³-hybridized carbons (Fsp3) is 0.857. The van der Waals surface area contributed by atoms with Gasteiger partial charge in [0.05, 0.1) is 0 Å². The van der Waals surface area contributed by atoms with Crippen molar-refractivity contribution < 1.29 is 19.8 Å². The maximum absolute atomic E-state index is 10.1. The molecule has 0 unspecified atom stereocenters. The monoisotopic (exact) mass is 298 g/mol. The summed E-state index contributed by atoms with van der Waals surface area (Å²) < 4.78 is 0. The van der Waals surface area contributed by atoms with Crippen LogP contribution in [0, 0.1) is 0 Å². The number of carboxylic acids is 2. The summed E-state index contributed by atoms with van der Waals surface area (Å²) in [7, 11) is 0. The van der Waals surface area contributed by atoms with E-state index in [0.29, 0.717) is 0 Å². The van der Waals surface area contributed by atoms with E-state index in [1.165, 1.54) is 44.9 Å². The molecule has 0 aromatic carbocycles. The molecule has 0 aromatic rings. The van der Waals surface area contributed by atoms with Crippen LogP contribution in [0.3, 0.4) is 0 Å². The number of carbonyl (C=O) groups is 2. The minimum absolute atomic E-state index is 0. The van der Waals surface area contributed by atoms with Crippen molar-refractivity contribution in [3.8, 4) is 0 Å². The number of carboxylic acid groups (broad SMARTS) is 2. The summed E-state index contributed by atoms with van der Waals surface area (Å²) in [6.07, 6.45) is 11.2. The quantitative estimate of drug-likeness (QED) is 0.446. The van der Waals surface area contributed by atoms with E-state index in [2.05, 4.69) is 6.92 Å². The molecule has 0 aromatic heterocycles. The van der Waals surface area contributed by atoms with E-state index < -0.39 is 11.9 Å². The third-order valence-corrected chi connectivity index (χ3v) is 2.48. The van der Waals surface area contributed by atoms with Gasteiger partial charge >= 0.3 is 37.7 Å². The standard InChI is InChI=1S/C12H24O2.C2H4O2.Ca/c1-2-3-4-5-6-7-8-9-10-11-12(13)14;1-2(3)4;/h2-11H2,1H3,(H,13,14);1H3,(H,3,4);/q;;+2/p-2. The number of aliphatic carboxylic acids is 2. The van der Waals surface area contributed by atoms with Crippen molar-refractivity contribution >= 4 is 49.7 Å². The number of hydrogen-bond acceptors (Lipinski definition) is 4. The number of unbranched alkanes of at least 4 members (excludes halogenated alkanes) is 8. The number of hydrogen-bond donors (Lipinski definition) is 0. The van der Waals surface area contributed by atoms with Gasteiger partial charge in [0.1, 0.15) is 0 Å². The van der Waals surface area contributed by atoms with Crippen molar-refractivity contribution in [2.24, 2.45) is 0 Å². The minimum atomic E-state index is -1.08. The molecule has 0 radical (unpaired) electrons. The second-order valence-electron chi connectivity index (χ2n) is 4.44. The molecule has 0 saturated heterocycles. The molecule has 0 aliphatic heterocycles. The summed E-state index contributed by atoms with van der Waals surface area (Å²) in [6, 6.07) is 0. The molecule has 4 nitrogen and oxygen atoms in total. The molecule has 19 heavy (non-hydrogen) atoms. The first-order valence-corrected chi connectivity index (χ1v) is 6.88. The van der Waals surface area contributed by atoms with Crippen LogP contribution >= 0.6 is 0 Å². The predicted molar refractivity (Wildman–Crippen MR) is 73.3 cm³/mol. The average molecular weight is 298 g/mol. The molecule has 0 saturated carbocycles. The molecule has 0 aliphatic carbocycles. The molecule has 0 amide bonds. The van der Waals surface area contributed by atoms with Gasteiger partial charge in [-0.15, -0.1) is 0 Å². The topological polar surface area (TPSA) is 80.3 Å². The Hall–Kier alpha value is 0.200. The summed E-state index contributed by atoms with van der Waals surface area (Å²) >= 11 is 0. The first kappa shape index (κ1) is 24.2. The van der Waals surface area contributed by atoms with Crippen molar-refractivity contribution in [3.63, 3.8) is 0 Å². The van der Waals surface area contributed by atoms with Crippen molar-refractivity contribution in [3.05, 3.63) is 0 Å². The molecule has 108 valence electrons. The van der Waals surface area contributed by atoms with E-state index in [0.717, 1.165) is 19.8 Å². The Labute approximate surface area is 147 Å². The maximum Gasteiger partial charge on any atom is 2.00 e. The van der Waals surface area contributed by atoms with Crippen molar-refractivity contribution in [1.82, 2.24) is 0 Å². The van der Waals surface area contributed by atoms with Crippen molar-refractivity contribution in [2.75, 3.05) is 0 Å². The molecule has 0 spiro atoms. The fourth-order valence-electron chi connectivity index (χ4n) is 1.58. The van der Waals surface area contributed by atoms with Crippen LogP contribution < -0.4 is 10.2 Å². The molecule has 0 N–H and O–H groups in total. The molecular formula is C14H26CaO4. The Morgan fingerprint density at radius 2 is 1.11 bits per heavy atom. The van der Waals surface area contributed by atoms with E-state index in [-0.39, 0.29) is 44.2 Å². The summed E-state index contributed by atoms with van der Waals surface area (Å²) in [5.41, 5.74) is 0. The summed E-state index contributed by atoms with van der Waals surface area (Å²) in [5, 5.41) is 19.0. The van der Waals surface area contributed by atoms with E-state index in [1.807, 2.05) is 0 Å². The van der Waals surface area contributed by atoms with Gasteiger partial charge in [-0.2, -0.15) is 0 Å². The van der Waals surface area contributed by atoms with Crippen LogP contribution in [0.1, 0.15) is 78.1 Å². The van der Waals surface area contributed by atoms with Crippen molar-refractivity contribution in [1.29, 1.82) is 0 Å². The average Bonchev–Trinajstić information content (AvgIpc) is 2.26. The van der Waals surface area contributed by atoms with Crippen LogP contribution in [-0.4, -0.2) is 49.7 Å². The van der Waals surface area contributed by atoms with Gasteiger partial charge in [-0.1, -0.05) is 58.3 Å². The molecule has 0 bridgehead atoms. The number of carbonyl (C=O) groups excluding carboxylic acids is 2. The molecule has 0 rings (SSSR count). The van der Waals surface area contributed by atoms with Gasteiger partial charge in [0.15, 0.2) is 0 Å². The van der Waals surface area contributed by atoms with Gasteiger partial charge in [-0.25, -0.2) is 0 Å². The molecular weight excluding hydrogens is 272 g/mol. The summed E-state index contributed by atoms with van der Waals surface area (Å²) in [5.74, 6) is -1.99. The number of rotatable bonds is 10. The first-order chi connectivity index (χ1) is 8.50. The summed E-state index contributed by atoms with van der Waals surface area (Å²) in [6.45, 7) is 3.19. The van der Waals surface area contributed by atoms with E-state index in [9.17, 15) is 9.90 Å². The van der Waals surface area contributed by atoms with E-state index >= 15 is 0 Å². The zero-order valence-corrected chi connectivity index (χ0v) is 14.6. The Kier molecular flexibility index (Phi) is 26.2. The van der Waals surface area contributed by atoms with Crippen LogP contribution in [-0.2, 0) is 9.59 Å². The van der Waals surface area contributed by atoms with Gasteiger partial charge in [-0.3, -0.25) is 0 Å². The van der Waals surface area contributed by atoms with Crippen molar-refractivity contribution in [2.45, 2.75) is 78.1 Å². The normalized spacial score (nSPS) is 8.95. The van der Waals surface area contributed by atoms with Crippen LogP contribution in [0.25, 0.3) is 0 Å². The SMILES string of the molecule is CC(=O)[O-].CCCCCCCCCCCC(=O)[O-].[Ca+2]. The Balaban J connectivity index is -0.000000448. The second-order valence-corrected chi connectivity index (χ2v) is 4.44. The zero-order chi connectivity index (χ0) is 14.2.